The highest BCUT2D eigenvalue weighted by atomic mass is 14.8. The Morgan fingerprint density at radius 1 is 0.857 bits per heavy atom. The van der Waals surface area contributed by atoms with E-state index in [1.807, 2.05) is 20.8 Å². The Bertz CT molecular complexity index is 454. The molecule has 0 aliphatic rings. The smallest absolute Gasteiger partial charge is 0.0920 e. The molecule has 2 heterocycles. The Hall–Kier alpha value is -1.44. The van der Waals surface area contributed by atoms with Crippen LogP contribution in [0.1, 0.15) is 22.6 Å². The Balaban J connectivity index is 2.94. The lowest BCUT2D eigenvalue weighted by molar-refractivity contribution is 1.11. The molecule has 0 amide bonds. The maximum Gasteiger partial charge on any atom is 0.0920 e. The van der Waals surface area contributed by atoms with Gasteiger partial charge >= 0.3 is 0 Å². The first-order valence-corrected chi connectivity index (χ1v) is 4.80. The molecule has 0 aliphatic carbocycles. The van der Waals surface area contributed by atoms with Gasteiger partial charge in [0.2, 0.25) is 0 Å². The summed E-state index contributed by atoms with van der Waals surface area (Å²) in [4.78, 5) is 8.94. The maximum atomic E-state index is 4.51. The van der Waals surface area contributed by atoms with Gasteiger partial charge in [0.05, 0.1) is 11.2 Å². The van der Waals surface area contributed by atoms with E-state index in [9.17, 15) is 0 Å². The fourth-order valence-electron chi connectivity index (χ4n) is 1.86. The standard InChI is InChI=1S/C12H14N2/c1-7-5-8(2)14-12-10(4)13-9(3)6-11(7)12/h5-6H,1-4H3. The van der Waals surface area contributed by atoms with E-state index < -0.39 is 0 Å². The van der Waals surface area contributed by atoms with E-state index in [1.165, 1.54) is 10.9 Å². The van der Waals surface area contributed by atoms with Crippen molar-refractivity contribution >= 4 is 10.9 Å². The monoisotopic (exact) mass is 186 g/mol. The van der Waals surface area contributed by atoms with Gasteiger partial charge in [0.1, 0.15) is 0 Å². The van der Waals surface area contributed by atoms with Gasteiger partial charge in [-0.25, -0.2) is 0 Å². The molecule has 0 saturated carbocycles. The van der Waals surface area contributed by atoms with Crippen LogP contribution in [0.25, 0.3) is 10.9 Å². The minimum Gasteiger partial charge on any atom is -0.256 e. The van der Waals surface area contributed by atoms with Crippen molar-refractivity contribution in [3.63, 3.8) is 0 Å². The molecule has 72 valence electrons. The van der Waals surface area contributed by atoms with Gasteiger partial charge < -0.3 is 0 Å². The highest BCUT2D eigenvalue weighted by Gasteiger charge is 2.04. The summed E-state index contributed by atoms with van der Waals surface area (Å²) < 4.78 is 0. The summed E-state index contributed by atoms with van der Waals surface area (Å²) in [6, 6.07) is 4.21. The van der Waals surface area contributed by atoms with Gasteiger partial charge in [-0.3, -0.25) is 9.97 Å². The van der Waals surface area contributed by atoms with Crippen LogP contribution in [0.3, 0.4) is 0 Å². The van der Waals surface area contributed by atoms with Crippen molar-refractivity contribution in [2.24, 2.45) is 0 Å². The van der Waals surface area contributed by atoms with Crippen LogP contribution < -0.4 is 0 Å². The molecular weight excluding hydrogens is 172 g/mol. The first-order valence-electron chi connectivity index (χ1n) is 4.80. The summed E-state index contributed by atoms with van der Waals surface area (Å²) >= 11 is 0. The number of hydrogen-bond acceptors (Lipinski definition) is 2. The van der Waals surface area contributed by atoms with Gasteiger partial charge in [-0.1, -0.05) is 0 Å². The maximum absolute atomic E-state index is 4.51. The number of aryl methyl sites for hydroxylation is 4. The zero-order chi connectivity index (χ0) is 10.3. The Kier molecular flexibility index (Phi) is 1.99. The molecule has 0 aliphatic heterocycles. The van der Waals surface area contributed by atoms with Crippen molar-refractivity contribution in [3.8, 4) is 0 Å². The second-order valence-corrected chi connectivity index (χ2v) is 3.83. The fraction of sp³-hybridized carbons (Fsp3) is 0.333. The summed E-state index contributed by atoms with van der Waals surface area (Å²) in [6.07, 6.45) is 0. The van der Waals surface area contributed by atoms with Crippen LogP contribution >= 0.6 is 0 Å². The first kappa shape index (κ1) is 9.13. The van der Waals surface area contributed by atoms with Crippen LogP contribution in [0.15, 0.2) is 12.1 Å². The van der Waals surface area contributed by atoms with Gasteiger partial charge in [-0.05, 0) is 45.4 Å². The normalized spacial score (nSPS) is 10.9. The highest BCUT2D eigenvalue weighted by Crippen LogP contribution is 2.20. The second kappa shape index (κ2) is 3.05. The molecule has 0 unspecified atom stereocenters. The average molecular weight is 186 g/mol. The lowest BCUT2D eigenvalue weighted by Crippen LogP contribution is -1.94. The van der Waals surface area contributed by atoms with Gasteiger partial charge in [-0.15, -0.1) is 0 Å². The molecule has 2 rings (SSSR count). The van der Waals surface area contributed by atoms with Crippen molar-refractivity contribution in [2.45, 2.75) is 27.7 Å². The predicted octanol–water partition coefficient (Wildman–Crippen LogP) is 2.86. The summed E-state index contributed by atoms with van der Waals surface area (Å²) in [5, 5.41) is 1.22. The quantitative estimate of drug-likeness (QED) is 0.632. The molecule has 0 spiro atoms. The number of hydrogen-bond donors (Lipinski definition) is 0. The molecular formula is C12H14N2. The first-order chi connectivity index (χ1) is 6.58. The number of fused-ring (bicyclic) bond motifs is 1. The fourth-order valence-corrected chi connectivity index (χ4v) is 1.86. The van der Waals surface area contributed by atoms with E-state index in [4.69, 9.17) is 0 Å². The third-order valence-corrected chi connectivity index (χ3v) is 2.43. The molecule has 0 atom stereocenters. The number of aromatic nitrogens is 2. The van der Waals surface area contributed by atoms with E-state index in [2.05, 4.69) is 29.0 Å². The molecule has 2 aromatic heterocycles. The Morgan fingerprint density at radius 2 is 1.50 bits per heavy atom. The average Bonchev–Trinajstić information content (AvgIpc) is 2.07. The van der Waals surface area contributed by atoms with E-state index in [0.717, 1.165) is 22.6 Å². The van der Waals surface area contributed by atoms with E-state index in [1.54, 1.807) is 0 Å². The molecule has 2 heteroatoms. The number of nitrogens with zero attached hydrogens (tertiary/aromatic N) is 2. The minimum absolute atomic E-state index is 1.02. The van der Waals surface area contributed by atoms with Crippen molar-refractivity contribution in [1.82, 2.24) is 9.97 Å². The summed E-state index contributed by atoms with van der Waals surface area (Å²) in [7, 11) is 0. The molecule has 0 fully saturated rings. The molecule has 0 aromatic carbocycles. The highest BCUT2D eigenvalue weighted by molar-refractivity contribution is 5.84. The Morgan fingerprint density at radius 3 is 2.21 bits per heavy atom. The van der Waals surface area contributed by atoms with Crippen molar-refractivity contribution in [3.05, 3.63) is 34.8 Å². The summed E-state index contributed by atoms with van der Waals surface area (Å²) in [6.45, 7) is 8.18. The summed E-state index contributed by atoms with van der Waals surface area (Å²) in [5.74, 6) is 0. The van der Waals surface area contributed by atoms with E-state index in [0.29, 0.717) is 0 Å². The molecule has 2 nitrogen and oxygen atoms in total. The largest absolute Gasteiger partial charge is 0.256 e. The number of rotatable bonds is 0. The molecule has 2 aromatic rings. The van der Waals surface area contributed by atoms with Crippen molar-refractivity contribution < 1.29 is 0 Å². The summed E-state index contributed by atoms with van der Waals surface area (Å²) in [5.41, 5.74) is 5.45. The zero-order valence-electron chi connectivity index (χ0n) is 9.05. The van der Waals surface area contributed by atoms with Crippen LogP contribution in [0.2, 0.25) is 0 Å². The molecule has 0 saturated heterocycles. The molecule has 0 radical (unpaired) electrons. The molecule has 0 bridgehead atoms. The van der Waals surface area contributed by atoms with Crippen LogP contribution in [-0.2, 0) is 0 Å². The SMILES string of the molecule is Cc1cc2c(C)cc(C)nc2c(C)n1. The Labute approximate surface area is 84.0 Å². The van der Waals surface area contributed by atoms with Crippen LogP contribution in [-0.4, -0.2) is 9.97 Å². The second-order valence-electron chi connectivity index (χ2n) is 3.83. The van der Waals surface area contributed by atoms with Gasteiger partial charge in [-0.2, -0.15) is 0 Å². The zero-order valence-corrected chi connectivity index (χ0v) is 9.05. The van der Waals surface area contributed by atoms with E-state index in [-0.39, 0.29) is 0 Å². The third kappa shape index (κ3) is 1.37. The van der Waals surface area contributed by atoms with Crippen LogP contribution in [0, 0.1) is 27.7 Å². The minimum atomic E-state index is 1.02. The number of pyridine rings is 2. The van der Waals surface area contributed by atoms with Crippen molar-refractivity contribution in [1.29, 1.82) is 0 Å². The third-order valence-electron chi connectivity index (χ3n) is 2.43. The van der Waals surface area contributed by atoms with Gasteiger partial charge in [0.25, 0.3) is 0 Å². The topological polar surface area (TPSA) is 25.8 Å². The van der Waals surface area contributed by atoms with Crippen molar-refractivity contribution in [2.75, 3.05) is 0 Å². The lowest BCUT2D eigenvalue weighted by atomic mass is 10.1. The van der Waals surface area contributed by atoms with Gasteiger partial charge in [0, 0.05) is 16.8 Å². The molecule has 0 N–H and O–H groups in total. The predicted molar refractivity (Wildman–Crippen MR) is 58.5 cm³/mol. The van der Waals surface area contributed by atoms with Crippen LogP contribution in [0.4, 0.5) is 0 Å². The van der Waals surface area contributed by atoms with Crippen LogP contribution in [0.5, 0.6) is 0 Å². The van der Waals surface area contributed by atoms with Gasteiger partial charge in [0.15, 0.2) is 0 Å². The lowest BCUT2D eigenvalue weighted by Gasteiger charge is -2.06. The molecule has 14 heavy (non-hydrogen) atoms. The van der Waals surface area contributed by atoms with E-state index >= 15 is 0 Å².